The van der Waals surface area contributed by atoms with E-state index in [1.165, 1.54) is 0 Å². The topological polar surface area (TPSA) is 105 Å². The van der Waals surface area contributed by atoms with Crippen molar-refractivity contribution in [3.63, 3.8) is 0 Å². The molecule has 0 aliphatic carbocycles. The Labute approximate surface area is 88.1 Å². The third-order valence-electron chi connectivity index (χ3n) is 0.861. The number of hydrogen-bond donors (Lipinski definition) is 4. The van der Waals surface area contributed by atoms with E-state index in [0.717, 1.165) is 0 Å². The molecule has 0 rings (SSSR count). The molecule has 6 nitrogen and oxygen atoms in total. The SMILES string of the molecule is NCC(S)OS(=O)(=O)OC(S)CN. The van der Waals surface area contributed by atoms with Gasteiger partial charge in [-0.2, -0.15) is 8.42 Å². The van der Waals surface area contributed by atoms with Crippen LogP contribution in [-0.2, 0) is 18.8 Å². The second-order valence-electron chi connectivity index (χ2n) is 1.98. The minimum atomic E-state index is -4.12. The molecule has 0 aliphatic heterocycles. The highest BCUT2D eigenvalue weighted by molar-refractivity contribution is 7.85. The van der Waals surface area contributed by atoms with E-state index in [1.807, 2.05) is 0 Å². The van der Waals surface area contributed by atoms with Crippen molar-refractivity contribution in [2.45, 2.75) is 10.9 Å². The van der Waals surface area contributed by atoms with Crippen molar-refractivity contribution >= 4 is 35.7 Å². The molecular weight excluding hydrogens is 236 g/mol. The minimum Gasteiger partial charge on any atom is -0.327 e. The zero-order valence-corrected chi connectivity index (χ0v) is 9.26. The van der Waals surface area contributed by atoms with E-state index < -0.39 is 21.3 Å². The van der Waals surface area contributed by atoms with Crippen LogP contribution in [0.4, 0.5) is 0 Å². The number of nitrogens with two attached hydrogens (primary N) is 2. The summed E-state index contributed by atoms with van der Waals surface area (Å²) in [6.45, 7) is -0.100. The molecule has 0 aromatic heterocycles. The lowest BCUT2D eigenvalue weighted by atomic mass is 10.7. The van der Waals surface area contributed by atoms with Gasteiger partial charge in [0.25, 0.3) is 0 Å². The molecule has 0 amide bonds. The van der Waals surface area contributed by atoms with E-state index in [2.05, 4.69) is 33.6 Å². The van der Waals surface area contributed by atoms with Crippen molar-refractivity contribution in [1.29, 1.82) is 0 Å². The summed E-state index contributed by atoms with van der Waals surface area (Å²) >= 11 is 7.43. The van der Waals surface area contributed by atoms with Crippen LogP contribution in [0.25, 0.3) is 0 Å². The van der Waals surface area contributed by atoms with E-state index in [1.54, 1.807) is 0 Å². The molecular formula is C4H12N2O4S3. The summed E-state index contributed by atoms with van der Waals surface area (Å²) in [5.74, 6) is 0. The molecule has 0 radical (unpaired) electrons. The van der Waals surface area contributed by atoms with E-state index in [9.17, 15) is 8.42 Å². The molecule has 0 bridgehead atoms. The lowest BCUT2D eigenvalue weighted by molar-refractivity contribution is 0.198. The van der Waals surface area contributed by atoms with E-state index in [-0.39, 0.29) is 13.1 Å². The Morgan fingerprint density at radius 2 is 1.38 bits per heavy atom. The molecule has 0 aromatic carbocycles. The molecule has 0 saturated heterocycles. The first-order valence-electron chi connectivity index (χ1n) is 3.29. The summed E-state index contributed by atoms with van der Waals surface area (Å²) < 4.78 is 30.5. The average Bonchev–Trinajstić information content (AvgIpc) is 2.02. The summed E-state index contributed by atoms with van der Waals surface area (Å²) in [5, 5.41) is 0. The zero-order chi connectivity index (χ0) is 10.5. The van der Waals surface area contributed by atoms with Gasteiger partial charge in [0.15, 0.2) is 0 Å². The second kappa shape index (κ2) is 6.06. The van der Waals surface area contributed by atoms with Gasteiger partial charge in [-0.3, -0.25) is 0 Å². The molecule has 0 fully saturated rings. The smallest absolute Gasteiger partial charge is 0.327 e. The predicted octanol–water partition coefficient (Wildman–Crippen LogP) is -1.31. The monoisotopic (exact) mass is 248 g/mol. The summed E-state index contributed by atoms with van der Waals surface area (Å²) in [4.78, 5) is 0. The molecule has 9 heteroatoms. The Kier molecular flexibility index (Phi) is 6.29. The van der Waals surface area contributed by atoms with Crippen molar-refractivity contribution in [3.05, 3.63) is 0 Å². The number of rotatable bonds is 6. The van der Waals surface area contributed by atoms with Gasteiger partial charge in [0, 0.05) is 13.1 Å². The predicted molar refractivity (Wildman–Crippen MR) is 54.7 cm³/mol. The molecule has 0 spiro atoms. The lowest BCUT2D eigenvalue weighted by Gasteiger charge is -2.12. The average molecular weight is 248 g/mol. The summed E-state index contributed by atoms with van der Waals surface area (Å²) in [5.41, 5.74) is 8.30. The fraction of sp³-hybridized carbons (Fsp3) is 1.00. The van der Waals surface area contributed by atoms with E-state index in [4.69, 9.17) is 11.5 Å². The summed E-state index contributed by atoms with van der Waals surface area (Å²) in [6, 6.07) is 0. The van der Waals surface area contributed by atoms with Crippen LogP contribution in [0.15, 0.2) is 0 Å². The van der Waals surface area contributed by atoms with E-state index in [0.29, 0.717) is 0 Å². The molecule has 2 atom stereocenters. The third kappa shape index (κ3) is 6.55. The molecule has 4 N–H and O–H groups in total. The highest BCUT2D eigenvalue weighted by Crippen LogP contribution is 2.08. The van der Waals surface area contributed by atoms with E-state index >= 15 is 0 Å². The maximum atomic E-state index is 10.9. The number of hydrogen-bond acceptors (Lipinski definition) is 8. The van der Waals surface area contributed by atoms with Gasteiger partial charge in [-0.25, -0.2) is 8.37 Å². The Hall–Kier alpha value is 0.490. The van der Waals surface area contributed by atoms with Gasteiger partial charge in [-0.1, -0.05) is 0 Å². The molecule has 0 heterocycles. The van der Waals surface area contributed by atoms with Gasteiger partial charge in [0.05, 0.1) is 0 Å². The summed E-state index contributed by atoms with van der Waals surface area (Å²) in [6.07, 6.45) is 0. The van der Waals surface area contributed by atoms with Crippen molar-refractivity contribution in [3.8, 4) is 0 Å². The molecule has 0 aliphatic rings. The fourth-order valence-corrected chi connectivity index (χ4v) is 1.75. The van der Waals surface area contributed by atoms with Crippen LogP contribution < -0.4 is 11.5 Å². The largest absolute Gasteiger partial charge is 0.402 e. The second-order valence-corrected chi connectivity index (χ2v) is 4.33. The molecule has 13 heavy (non-hydrogen) atoms. The highest BCUT2D eigenvalue weighted by atomic mass is 32.3. The minimum absolute atomic E-state index is 0.0500. The van der Waals surface area contributed by atoms with Gasteiger partial charge in [-0.05, 0) is 0 Å². The van der Waals surface area contributed by atoms with Crippen LogP contribution >= 0.6 is 25.3 Å². The molecule has 0 aromatic rings. The zero-order valence-electron chi connectivity index (χ0n) is 6.66. The summed E-state index contributed by atoms with van der Waals surface area (Å²) in [7, 11) is -4.12. The Balaban J connectivity index is 4.09. The normalized spacial score (nSPS) is 16.9. The van der Waals surface area contributed by atoms with Crippen LogP contribution in [0, 0.1) is 0 Å². The van der Waals surface area contributed by atoms with Crippen molar-refractivity contribution in [2.75, 3.05) is 13.1 Å². The Bertz CT molecular complexity index is 214. The van der Waals surface area contributed by atoms with Gasteiger partial charge in [-0.15, -0.1) is 25.3 Å². The molecule has 0 saturated carbocycles. The van der Waals surface area contributed by atoms with Crippen LogP contribution in [0.1, 0.15) is 0 Å². The van der Waals surface area contributed by atoms with Gasteiger partial charge in [0.2, 0.25) is 0 Å². The number of thiol groups is 2. The maximum Gasteiger partial charge on any atom is 0.402 e. The fourth-order valence-electron chi connectivity index (χ4n) is 0.373. The van der Waals surface area contributed by atoms with Crippen molar-refractivity contribution < 1.29 is 16.8 Å². The van der Waals surface area contributed by atoms with Gasteiger partial charge in [0.1, 0.15) is 10.9 Å². The maximum absolute atomic E-state index is 10.9. The van der Waals surface area contributed by atoms with Crippen molar-refractivity contribution in [1.82, 2.24) is 0 Å². The van der Waals surface area contributed by atoms with Crippen LogP contribution in [-0.4, -0.2) is 32.4 Å². The van der Waals surface area contributed by atoms with Gasteiger partial charge >= 0.3 is 10.4 Å². The Morgan fingerprint density at radius 3 is 1.62 bits per heavy atom. The first-order chi connectivity index (χ1) is 5.91. The first-order valence-corrected chi connectivity index (χ1v) is 5.65. The van der Waals surface area contributed by atoms with Crippen LogP contribution in [0.3, 0.4) is 0 Å². The first kappa shape index (κ1) is 13.5. The lowest BCUT2D eigenvalue weighted by Crippen LogP contribution is -2.27. The Morgan fingerprint density at radius 1 is 1.08 bits per heavy atom. The standard InChI is InChI=1S/C4H12N2O4S3/c5-1-3(11)9-13(7,8)10-4(12)2-6/h3-4,11-12H,1-2,5-6H2. The van der Waals surface area contributed by atoms with Crippen LogP contribution in [0.2, 0.25) is 0 Å². The molecule has 80 valence electrons. The van der Waals surface area contributed by atoms with Gasteiger partial charge < -0.3 is 11.5 Å². The highest BCUT2D eigenvalue weighted by Gasteiger charge is 2.19. The quantitative estimate of drug-likeness (QED) is 0.344. The molecule has 2 unspecified atom stereocenters. The third-order valence-corrected chi connectivity index (χ3v) is 2.71. The van der Waals surface area contributed by atoms with Crippen LogP contribution in [0.5, 0.6) is 0 Å². The van der Waals surface area contributed by atoms with Crippen molar-refractivity contribution in [2.24, 2.45) is 11.5 Å².